The van der Waals surface area contributed by atoms with E-state index in [0.717, 1.165) is 5.56 Å². The number of hydrogen-bond donors (Lipinski definition) is 1. The fourth-order valence-electron chi connectivity index (χ4n) is 2.63. The summed E-state index contributed by atoms with van der Waals surface area (Å²) in [5.74, 6) is 0.243. The Morgan fingerprint density at radius 2 is 1.79 bits per heavy atom. The second-order valence-electron chi connectivity index (χ2n) is 6.75. The van der Waals surface area contributed by atoms with Crippen molar-refractivity contribution < 1.29 is 24.1 Å². The van der Waals surface area contributed by atoms with E-state index < -0.39 is 5.97 Å². The van der Waals surface area contributed by atoms with Crippen molar-refractivity contribution in [2.45, 2.75) is 20.3 Å². The summed E-state index contributed by atoms with van der Waals surface area (Å²) >= 11 is 12.5. The maximum Gasteiger partial charge on any atom is 0.339 e. The van der Waals surface area contributed by atoms with Gasteiger partial charge in [0.2, 0.25) is 0 Å². The zero-order chi connectivity index (χ0) is 21.4. The van der Waals surface area contributed by atoms with Crippen LogP contribution >= 0.6 is 23.2 Å². The van der Waals surface area contributed by atoms with E-state index >= 15 is 0 Å². The molecule has 0 radical (unpaired) electrons. The van der Waals surface area contributed by atoms with Gasteiger partial charge in [-0.05, 0) is 17.0 Å². The zero-order valence-corrected chi connectivity index (χ0v) is 18.1. The Balaban J connectivity index is 2.09. The molecule has 2 aromatic rings. The molecule has 0 saturated heterocycles. The van der Waals surface area contributed by atoms with E-state index in [4.69, 9.17) is 37.4 Å². The SMILES string of the molecule is CO/C=C(/C(=O)O)c1ccccc1CCOc1cc(Cl)c(OCC(C)C)c(Cl)c1. The number of rotatable bonds is 10. The lowest BCUT2D eigenvalue weighted by atomic mass is 9.98. The number of carbonyl (C=O) groups is 1. The average Bonchev–Trinajstić information content (AvgIpc) is 2.65. The van der Waals surface area contributed by atoms with Gasteiger partial charge >= 0.3 is 5.97 Å². The van der Waals surface area contributed by atoms with E-state index in [2.05, 4.69) is 0 Å². The van der Waals surface area contributed by atoms with E-state index in [9.17, 15) is 9.90 Å². The van der Waals surface area contributed by atoms with Gasteiger partial charge in [0.05, 0.1) is 36.6 Å². The predicted octanol–water partition coefficient (Wildman–Crippen LogP) is 5.72. The van der Waals surface area contributed by atoms with Gasteiger partial charge in [-0.25, -0.2) is 4.79 Å². The number of halogens is 2. The third-order valence-corrected chi connectivity index (χ3v) is 4.51. The number of hydrogen-bond acceptors (Lipinski definition) is 4. The highest BCUT2D eigenvalue weighted by Gasteiger charge is 2.15. The molecule has 0 aromatic heterocycles. The lowest BCUT2D eigenvalue weighted by molar-refractivity contribution is -0.130. The van der Waals surface area contributed by atoms with Crippen LogP contribution in [0.1, 0.15) is 25.0 Å². The van der Waals surface area contributed by atoms with E-state index in [-0.39, 0.29) is 5.57 Å². The summed E-state index contributed by atoms with van der Waals surface area (Å²) in [6.07, 6.45) is 1.71. The molecule has 156 valence electrons. The first-order valence-electron chi connectivity index (χ1n) is 9.12. The minimum absolute atomic E-state index is 0.0841. The molecule has 5 nitrogen and oxygen atoms in total. The number of aliphatic carboxylic acids is 1. The van der Waals surface area contributed by atoms with Gasteiger partial charge in [0.25, 0.3) is 0 Å². The Bertz CT molecular complexity index is 854. The van der Waals surface area contributed by atoms with Crippen molar-refractivity contribution in [3.05, 3.63) is 63.8 Å². The number of methoxy groups -OCH3 is 1. The third-order valence-electron chi connectivity index (χ3n) is 3.95. The minimum atomic E-state index is -1.06. The lowest BCUT2D eigenvalue weighted by Crippen LogP contribution is -2.08. The van der Waals surface area contributed by atoms with Gasteiger partial charge in [-0.2, -0.15) is 0 Å². The average molecular weight is 439 g/mol. The first-order valence-corrected chi connectivity index (χ1v) is 9.88. The van der Waals surface area contributed by atoms with Gasteiger partial charge in [-0.1, -0.05) is 61.3 Å². The third kappa shape index (κ3) is 6.58. The van der Waals surface area contributed by atoms with E-state index in [1.807, 2.05) is 26.0 Å². The van der Waals surface area contributed by atoms with Crippen LogP contribution in [0.25, 0.3) is 5.57 Å². The predicted molar refractivity (Wildman–Crippen MR) is 115 cm³/mol. The Hall–Kier alpha value is -2.37. The highest BCUT2D eigenvalue weighted by atomic mass is 35.5. The molecule has 0 aliphatic carbocycles. The Morgan fingerprint density at radius 1 is 1.14 bits per heavy atom. The molecule has 2 aromatic carbocycles. The second-order valence-corrected chi connectivity index (χ2v) is 7.56. The largest absolute Gasteiger partial charge is 0.503 e. The molecule has 0 fully saturated rings. The Labute approximate surface area is 180 Å². The first-order chi connectivity index (χ1) is 13.8. The first kappa shape index (κ1) is 22.9. The normalized spacial score (nSPS) is 11.4. The monoisotopic (exact) mass is 438 g/mol. The molecule has 7 heteroatoms. The van der Waals surface area contributed by atoms with Crippen molar-refractivity contribution in [3.63, 3.8) is 0 Å². The van der Waals surface area contributed by atoms with Crippen LogP contribution in [0.2, 0.25) is 10.0 Å². The Morgan fingerprint density at radius 3 is 2.38 bits per heavy atom. The van der Waals surface area contributed by atoms with Crippen molar-refractivity contribution in [2.24, 2.45) is 5.92 Å². The minimum Gasteiger partial charge on any atom is -0.503 e. The van der Waals surface area contributed by atoms with Crippen molar-refractivity contribution in [2.75, 3.05) is 20.3 Å². The van der Waals surface area contributed by atoms with Crippen LogP contribution in [0.3, 0.4) is 0 Å². The molecule has 0 aliphatic rings. The molecule has 0 saturated carbocycles. The van der Waals surface area contributed by atoms with E-state index in [1.54, 1.807) is 24.3 Å². The molecule has 0 aliphatic heterocycles. The van der Waals surface area contributed by atoms with Crippen molar-refractivity contribution in [1.29, 1.82) is 0 Å². The van der Waals surface area contributed by atoms with Crippen LogP contribution in [-0.4, -0.2) is 31.4 Å². The lowest BCUT2D eigenvalue weighted by Gasteiger charge is -2.14. The van der Waals surface area contributed by atoms with Gasteiger partial charge in [0.1, 0.15) is 11.3 Å². The van der Waals surface area contributed by atoms with Crippen LogP contribution in [0, 0.1) is 5.92 Å². The molecule has 0 amide bonds. The second kappa shape index (κ2) is 11.0. The fraction of sp³-hybridized carbons (Fsp3) is 0.318. The summed E-state index contributed by atoms with van der Waals surface area (Å²) in [6.45, 7) is 4.90. The van der Waals surface area contributed by atoms with Crippen LogP contribution in [-0.2, 0) is 16.0 Å². The number of carboxylic acids is 1. The molecule has 29 heavy (non-hydrogen) atoms. The quantitative estimate of drug-likeness (QED) is 0.379. The summed E-state index contributed by atoms with van der Waals surface area (Å²) in [6, 6.07) is 10.5. The molecule has 2 rings (SSSR count). The molecule has 0 heterocycles. The smallest absolute Gasteiger partial charge is 0.339 e. The Kier molecular flexibility index (Phi) is 8.68. The maximum atomic E-state index is 11.5. The van der Waals surface area contributed by atoms with Gasteiger partial charge < -0.3 is 19.3 Å². The summed E-state index contributed by atoms with van der Waals surface area (Å²) in [5, 5.41) is 10.2. The molecule has 0 unspecified atom stereocenters. The van der Waals surface area contributed by atoms with Gasteiger partial charge in [-0.15, -0.1) is 0 Å². The van der Waals surface area contributed by atoms with E-state index in [0.29, 0.717) is 52.7 Å². The van der Waals surface area contributed by atoms with Crippen LogP contribution in [0.15, 0.2) is 42.7 Å². The van der Waals surface area contributed by atoms with Gasteiger partial charge in [0.15, 0.2) is 5.75 Å². The molecule has 1 N–H and O–H groups in total. The van der Waals surface area contributed by atoms with E-state index in [1.165, 1.54) is 13.4 Å². The molecule has 0 spiro atoms. The highest BCUT2D eigenvalue weighted by molar-refractivity contribution is 6.37. The van der Waals surface area contributed by atoms with Gasteiger partial charge in [-0.3, -0.25) is 0 Å². The summed E-state index contributed by atoms with van der Waals surface area (Å²) in [5.41, 5.74) is 1.49. The van der Waals surface area contributed by atoms with Crippen LogP contribution in [0.4, 0.5) is 0 Å². The van der Waals surface area contributed by atoms with Crippen LogP contribution < -0.4 is 9.47 Å². The summed E-state index contributed by atoms with van der Waals surface area (Å²) in [7, 11) is 1.41. The van der Waals surface area contributed by atoms with Crippen molar-refractivity contribution >= 4 is 34.7 Å². The molecular formula is C22H24Cl2O5. The summed E-state index contributed by atoms with van der Waals surface area (Å²) < 4.78 is 16.3. The summed E-state index contributed by atoms with van der Waals surface area (Å²) in [4.78, 5) is 11.5. The number of ether oxygens (including phenoxy) is 3. The fourth-order valence-corrected chi connectivity index (χ4v) is 3.21. The van der Waals surface area contributed by atoms with Crippen LogP contribution in [0.5, 0.6) is 11.5 Å². The molecule has 0 atom stereocenters. The molecule has 0 bridgehead atoms. The number of benzene rings is 2. The van der Waals surface area contributed by atoms with Crippen molar-refractivity contribution in [1.82, 2.24) is 0 Å². The van der Waals surface area contributed by atoms with Crippen molar-refractivity contribution in [3.8, 4) is 11.5 Å². The van der Waals surface area contributed by atoms with Gasteiger partial charge in [0, 0.05) is 18.6 Å². The molecular weight excluding hydrogens is 415 g/mol. The standard InChI is InChI=1S/C22H24Cl2O5/c1-14(2)12-29-21-19(23)10-16(11-20(21)24)28-9-8-15-6-4-5-7-17(15)18(13-27-3)22(25)26/h4-7,10-11,13-14H,8-9,12H2,1-3H3,(H,25,26)/b18-13+. The zero-order valence-electron chi connectivity index (χ0n) is 16.6. The maximum absolute atomic E-state index is 11.5. The topological polar surface area (TPSA) is 65.0 Å². The highest BCUT2D eigenvalue weighted by Crippen LogP contribution is 2.37. The number of carboxylic acid groups (broad SMARTS) is 1.